The van der Waals surface area contributed by atoms with E-state index in [1.165, 1.54) is 11.6 Å². The van der Waals surface area contributed by atoms with Crippen LogP contribution in [0.1, 0.15) is 27.3 Å². The van der Waals surface area contributed by atoms with Crippen molar-refractivity contribution in [3.05, 3.63) is 96.9 Å². The first-order chi connectivity index (χ1) is 14.3. The Kier molecular flexibility index (Phi) is 4.91. The van der Waals surface area contributed by atoms with Gasteiger partial charge in [0, 0.05) is 36.8 Å². The highest BCUT2D eigenvalue weighted by Gasteiger charge is 2.17. The number of rotatable bonds is 4. The first kappa shape index (κ1) is 19.8. The minimum atomic E-state index is -0.415. The summed E-state index contributed by atoms with van der Waals surface area (Å²) in [5.41, 5.74) is 1.96. The molecule has 0 atom stereocenters. The van der Waals surface area contributed by atoms with Crippen molar-refractivity contribution in [1.82, 2.24) is 18.7 Å². The van der Waals surface area contributed by atoms with Crippen LogP contribution in [-0.2, 0) is 20.6 Å². The van der Waals surface area contributed by atoms with Gasteiger partial charge >= 0.3 is 5.69 Å². The zero-order chi connectivity index (χ0) is 21.6. The molecule has 0 saturated carbocycles. The van der Waals surface area contributed by atoms with Gasteiger partial charge in [0.2, 0.25) is 0 Å². The predicted molar refractivity (Wildman–Crippen MR) is 115 cm³/mol. The molecule has 0 N–H and O–H groups in total. The number of fused-ring (bicyclic) bond motifs is 1. The molecule has 152 valence electrons. The maximum atomic E-state index is 12.7. The van der Waals surface area contributed by atoms with Crippen molar-refractivity contribution in [1.29, 1.82) is 0 Å². The van der Waals surface area contributed by atoms with E-state index < -0.39 is 5.69 Å². The molecule has 30 heavy (non-hydrogen) atoms. The van der Waals surface area contributed by atoms with Gasteiger partial charge in [0.05, 0.1) is 0 Å². The second-order valence-corrected chi connectivity index (χ2v) is 7.59. The molecule has 7 nitrogen and oxygen atoms in total. The Hall–Kier alpha value is -3.45. The zero-order valence-electron chi connectivity index (χ0n) is 16.7. The second kappa shape index (κ2) is 7.42. The highest BCUT2D eigenvalue weighted by Crippen LogP contribution is 2.17. The first-order valence-corrected chi connectivity index (χ1v) is 9.68. The molecule has 0 fully saturated rings. The van der Waals surface area contributed by atoms with Crippen LogP contribution in [0.5, 0.6) is 0 Å². The normalized spacial score (nSPS) is 11.2. The average Bonchev–Trinajstić information content (AvgIpc) is 3.07. The van der Waals surface area contributed by atoms with Crippen LogP contribution >= 0.6 is 11.6 Å². The number of halogens is 1. The van der Waals surface area contributed by atoms with Gasteiger partial charge in [0.15, 0.2) is 16.9 Å². The van der Waals surface area contributed by atoms with E-state index in [0.717, 1.165) is 10.1 Å². The van der Waals surface area contributed by atoms with Gasteiger partial charge in [-0.05, 0) is 36.8 Å². The van der Waals surface area contributed by atoms with E-state index in [1.807, 2.05) is 12.1 Å². The molecule has 2 heterocycles. The highest BCUT2D eigenvalue weighted by molar-refractivity contribution is 6.30. The van der Waals surface area contributed by atoms with Gasteiger partial charge in [-0.1, -0.05) is 35.9 Å². The van der Waals surface area contributed by atoms with Crippen molar-refractivity contribution in [2.24, 2.45) is 14.1 Å². The van der Waals surface area contributed by atoms with Crippen LogP contribution in [0.2, 0.25) is 5.02 Å². The first-order valence-electron chi connectivity index (χ1n) is 9.30. The number of carbonyl (C=O) groups excluding carboxylic acids is 1. The highest BCUT2D eigenvalue weighted by atomic mass is 35.5. The van der Waals surface area contributed by atoms with E-state index in [9.17, 15) is 14.4 Å². The van der Waals surface area contributed by atoms with Gasteiger partial charge < -0.3 is 4.57 Å². The zero-order valence-corrected chi connectivity index (χ0v) is 17.5. The van der Waals surface area contributed by atoms with Crippen LogP contribution in [0.4, 0.5) is 0 Å². The fraction of sp³-hybridized carbons (Fsp3) is 0.182. The molecule has 4 rings (SSSR count). The Morgan fingerprint density at radius 1 is 0.933 bits per heavy atom. The third kappa shape index (κ3) is 3.27. The topological polar surface area (TPSA) is 78.9 Å². The minimum absolute atomic E-state index is 0.0913. The molecule has 0 saturated heterocycles. The number of hydrogen-bond acceptors (Lipinski definition) is 4. The Morgan fingerprint density at radius 3 is 2.10 bits per heavy atom. The fourth-order valence-electron chi connectivity index (χ4n) is 3.46. The number of hydrogen-bond donors (Lipinski definition) is 0. The van der Waals surface area contributed by atoms with E-state index in [4.69, 9.17) is 11.6 Å². The molecule has 0 aliphatic rings. The van der Waals surface area contributed by atoms with Crippen molar-refractivity contribution in [2.75, 3.05) is 0 Å². The number of imidazole rings is 1. The summed E-state index contributed by atoms with van der Waals surface area (Å²) in [6, 6.07) is 14.0. The molecule has 8 heteroatoms. The summed E-state index contributed by atoms with van der Waals surface area (Å²) in [6.45, 7) is 2.19. The van der Waals surface area contributed by atoms with Crippen molar-refractivity contribution < 1.29 is 4.79 Å². The molecule has 4 aromatic rings. The molecule has 0 radical (unpaired) electrons. The van der Waals surface area contributed by atoms with E-state index in [0.29, 0.717) is 39.7 Å². The van der Waals surface area contributed by atoms with Gasteiger partial charge in [-0.2, -0.15) is 0 Å². The van der Waals surface area contributed by atoms with Crippen molar-refractivity contribution in [3.8, 4) is 0 Å². The lowest BCUT2D eigenvalue weighted by molar-refractivity contribution is 0.103. The Morgan fingerprint density at radius 2 is 1.50 bits per heavy atom. The lowest BCUT2D eigenvalue weighted by Crippen LogP contribution is -2.37. The smallest absolute Gasteiger partial charge is 0.318 e. The maximum absolute atomic E-state index is 12.7. The van der Waals surface area contributed by atoms with Gasteiger partial charge in [-0.15, -0.1) is 0 Å². The summed E-state index contributed by atoms with van der Waals surface area (Å²) in [5.74, 6) is 0.538. The SMILES string of the molecule is Cc1nc2c(c(=O)n(C)c(=O)n2C)n1Cc1ccc(C(=O)c2ccc(Cl)cc2)cc1. The molecular formula is C22H19ClN4O3. The Labute approximate surface area is 176 Å². The molecule has 0 unspecified atom stereocenters. The number of aromatic nitrogens is 4. The van der Waals surface area contributed by atoms with Gasteiger partial charge in [0.1, 0.15) is 5.82 Å². The van der Waals surface area contributed by atoms with Crippen molar-refractivity contribution in [2.45, 2.75) is 13.5 Å². The summed E-state index contributed by atoms with van der Waals surface area (Å²) in [4.78, 5) is 41.9. The molecule has 0 amide bonds. The molecular weight excluding hydrogens is 404 g/mol. The molecule has 2 aromatic carbocycles. The lowest BCUT2D eigenvalue weighted by Gasteiger charge is -2.09. The van der Waals surface area contributed by atoms with Crippen LogP contribution in [0.15, 0.2) is 58.1 Å². The maximum Gasteiger partial charge on any atom is 0.332 e. The summed E-state index contributed by atoms with van der Waals surface area (Å²) in [6.07, 6.45) is 0. The largest absolute Gasteiger partial charge is 0.332 e. The lowest BCUT2D eigenvalue weighted by atomic mass is 10.0. The summed E-state index contributed by atoms with van der Waals surface area (Å²) in [5, 5.41) is 0.577. The minimum Gasteiger partial charge on any atom is -0.318 e. The molecule has 0 spiro atoms. The molecule has 0 aliphatic heterocycles. The third-order valence-electron chi connectivity index (χ3n) is 5.20. The van der Waals surface area contributed by atoms with Gasteiger partial charge in [-0.25, -0.2) is 9.78 Å². The number of carbonyl (C=O) groups is 1. The predicted octanol–water partition coefficient (Wildman–Crippen LogP) is 2.67. The van der Waals surface area contributed by atoms with Gasteiger partial charge in [-0.3, -0.25) is 18.7 Å². The summed E-state index contributed by atoms with van der Waals surface area (Å²) < 4.78 is 4.23. The standard InChI is InChI=1S/C22H19ClN4O3/c1-13-24-20-18(21(29)26(3)22(30)25(20)2)27(13)12-14-4-6-15(7-5-14)19(28)16-8-10-17(23)11-9-16/h4-11H,12H2,1-3H3. The summed E-state index contributed by atoms with van der Waals surface area (Å²) >= 11 is 5.88. The number of nitrogens with zero attached hydrogens (tertiary/aromatic N) is 4. The average molecular weight is 423 g/mol. The van der Waals surface area contributed by atoms with E-state index in [2.05, 4.69) is 4.98 Å². The van der Waals surface area contributed by atoms with Crippen molar-refractivity contribution >= 4 is 28.5 Å². The molecule has 0 aliphatic carbocycles. The number of benzene rings is 2. The second-order valence-electron chi connectivity index (χ2n) is 7.16. The van der Waals surface area contributed by atoms with Crippen LogP contribution < -0.4 is 11.2 Å². The molecule has 0 bridgehead atoms. The monoisotopic (exact) mass is 422 g/mol. The fourth-order valence-corrected chi connectivity index (χ4v) is 3.59. The van der Waals surface area contributed by atoms with Crippen LogP contribution in [0, 0.1) is 6.92 Å². The van der Waals surface area contributed by atoms with Crippen LogP contribution in [0.3, 0.4) is 0 Å². The Bertz CT molecular complexity index is 1390. The number of ketones is 1. The van der Waals surface area contributed by atoms with E-state index >= 15 is 0 Å². The summed E-state index contributed by atoms with van der Waals surface area (Å²) in [7, 11) is 3.05. The quantitative estimate of drug-likeness (QED) is 0.474. The Balaban J connectivity index is 1.69. The van der Waals surface area contributed by atoms with Crippen molar-refractivity contribution in [3.63, 3.8) is 0 Å². The van der Waals surface area contributed by atoms with Crippen LogP contribution in [-0.4, -0.2) is 24.5 Å². The number of aryl methyl sites for hydroxylation is 2. The molecule has 2 aromatic heterocycles. The van der Waals surface area contributed by atoms with E-state index in [-0.39, 0.29) is 11.3 Å². The third-order valence-corrected chi connectivity index (χ3v) is 5.45. The van der Waals surface area contributed by atoms with Crippen LogP contribution in [0.25, 0.3) is 11.2 Å². The van der Waals surface area contributed by atoms with Gasteiger partial charge in [0.25, 0.3) is 5.56 Å². The van der Waals surface area contributed by atoms with E-state index in [1.54, 1.807) is 54.9 Å².